The van der Waals surface area contributed by atoms with Crippen LogP contribution in [0.1, 0.15) is 4.88 Å². The Hall–Kier alpha value is -0.573. The number of halogens is 1. The van der Waals surface area contributed by atoms with Gasteiger partial charge < -0.3 is 0 Å². The summed E-state index contributed by atoms with van der Waals surface area (Å²) in [7, 11) is -1.71. The lowest BCUT2D eigenvalue weighted by Crippen LogP contribution is -2.29. The minimum absolute atomic E-state index is 0.440. The van der Waals surface area contributed by atoms with Crippen molar-refractivity contribution in [1.82, 2.24) is 0 Å². The molecule has 1 heterocycles. The van der Waals surface area contributed by atoms with E-state index in [1.54, 1.807) is 0 Å². The van der Waals surface area contributed by atoms with Crippen LogP contribution in [0, 0.1) is 6.92 Å². The van der Waals surface area contributed by atoms with Gasteiger partial charge in [0.15, 0.2) is 7.38 Å². The molecule has 2 aliphatic carbocycles. The Kier molecular flexibility index (Phi) is 2.51. The van der Waals surface area contributed by atoms with E-state index in [-0.39, 0.29) is 0 Å². The van der Waals surface area contributed by atoms with Gasteiger partial charge in [0.05, 0.1) is 0 Å². The smallest absolute Gasteiger partial charge is 0.161 e. The van der Waals surface area contributed by atoms with Crippen LogP contribution in [0.5, 0.6) is 0 Å². The van der Waals surface area contributed by atoms with Crippen molar-refractivity contribution in [1.29, 1.82) is 0 Å². The van der Waals surface area contributed by atoms with Crippen molar-refractivity contribution in [3.05, 3.63) is 44.5 Å². The third-order valence-corrected chi connectivity index (χ3v) is 7.06. The second kappa shape index (κ2) is 3.71. The third-order valence-electron chi connectivity index (χ3n) is 3.40. The summed E-state index contributed by atoms with van der Waals surface area (Å²) >= 11 is 8.56. The highest BCUT2D eigenvalue weighted by Crippen LogP contribution is 2.41. The normalized spacial score (nSPS) is 22.0. The molecule has 1 aromatic rings. The van der Waals surface area contributed by atoms with E-state index >= 15 is 0 Å². The monoisotopic (exact) mass is 278 g/mol. The average Bonchev–Trinajstić information content (AvgIpc) is 2.71. The summed E-state index contributed by atoms with van der Waals surface area (Å²) in [6.07, 6.45) is 8.98. The van der Waals surface area contributed by atoms with E-state index < -0.39 is 7.38 Å². The number of allylic oxidation sites excluding steroid dienone is 4. The maximum absolute atomic E-state index is 6.68. The molecule has 0 bridgehead atoms. The van der Waals surface area contributed by atoms with E-state index in [0.717, 1.165) is 0 Å². The van der Waals surface area contributed by atoms with Crippen molar-refractivity contribution in [2.75, 3.05) is 0 Å². The van der Waals surface area contributed by atoms with Gasteiger partial charge in [-0.3, -0.25) is 0 Å². The van der Waals surface area contributed by atoms with Crippen molar-refractivity contribution in [3.63, 3.8) is 0 Å². The van der Waals surface area contributed by atoms with Gasteiger partial charge in [-0.15, -0.1) is 11.3 Å². The topological polar surface area (TPSA) is 0 Å². The molecule has 0 nitrogen and oxygen atoms in total. The van der Waals surface area contributed by atoms with Crippen molar-refractivity contribution in [2.45, 2.75) is 25.6 Å². The average molecular weight is 279 g/mol. The van der Waals surface area contributed by atoms with Crippen molar-refractivity contribution in [2.24, 2.45) is 0 Å². The molecule has 0 N–H and O–H groups in total. The Morgan fingerprint density at radius 3 is 2.82 bits per heavy atom. The summed E-state index contributed by atoms with van der Waals surface area (Å²) in [6.45, 7) is 6.64. The van der Waals surface area contributed by atoms with Gasteiger partial charge in [0.25, 0.3) is 0 Å². The van der Waals surface area contributed by atoms with Crippen molar-refractivity contribution >= 4 is 41.4 Å². The molecular formula is C14H15ClSSi. The van der Waals surface area contributed by atoms with Crippen LogP contribution in [0.15, 0.2) is 29.9 Å². The Morgan fingerprint density at radius 2 is 2.12 bits per heavy atom. The molecule has 1 aromatic heterocycles. The van der Waals surface area contributed by atoms with Gasteiger partial charge in [-0.1, -0.05) is 31.3 Å². The molecule has 0 aromatic carbocycles. The predicted octanol–water partition coefficient (Wildman–Crippen LogP) is 3.31. The van der Waals surface area contributed by atoms with E-state index in [0.29, 0.717) is 5.54 Å². The number of hydrogen-bond acceptors (Lipinski definition) is 1. The fourth-order valence-electron chi connectivity index (χ4n) is 2.65. The van der Waals surface area contributed by atoms with Crippen LogP contribution < -0.4 is 9.75 Å². The van der Waals surface area contributed by atoms with Crippen LogP contribution in [0.2, 0.25) is 18.6 Å². The Bertz CT molecular complexity index is 655. The summed E-state index contributed by atoms with van der Waals surface area (Å²) in [5.74, 6) is 0. The molecule has 0 aliphatic heterocycles. The van der Waals surface area contributed by atoms with Gasteiger partial charge in [-0.05, 0) is 35.4 Å². The van der Waals surface area contributed by atoms with Crippen LogP contribution in [0.4, 0.5) is 0 Å². The third kappa shape index (κ3) is 1.79. The van der Waals surface area contributed by atoms with Gasteiger partial charge in [0.2, 0.25) is 0 Å². The lowest BCUT2D eigenvalue weighted by atomic mass is 9.99. The highest BCUT2D eigenvalue weighted by molar-refractivity contribution is 7.20. The minimum Gasteiger partial charge on any atom is -0.167 e. The second-order valence-electron chi connectivity index (χ2n) is 5.24. The van der Waals surface area contributed by atoms with Gasteiger partial charge in [-0.2, -0.15) is 11.1 Å². The van der Waals surface area contributed by atoms with E-state index in [2.05, 4.69) is 50.4 Å². The molecule has 0 spiro atoms. The lowest BCUT2D eigenvalue weighted by Gasteiger charge is -2.27. The van der Waals surface area contributed by atoms with E-state index in [9.17, 15) is 0 Å². The lowest BCUT2D eigenvalue weighted by molar-refractivity contribution is 1.28. The number of rotatable bonds is 1. The number of hydrogen-bond donors (Lipinski definition) is 0. The van der Waals surface area contributed by atoms with Crippen LogP contribution in [0.3, 0.4) is 0 Å². The van der Waals surface area contributed by atoms with Gasteiger partial charge in [0, 0.05) is 15.0 Å². The molecule has 1 unspecified atom stereocenters. The van der Waals surface area contributed by atoms with E-state index in [1.165, 1.54) is 25.8 Å². The van der Waals surface area contributed by atoms with Crippen molar-refractivity contribution < 1.29 is 0 Å². The van der Waals surface area contributed by atoms with Gasteiger partial charge >= 0.3 is 0 Å². The summed E-state index contributed by atoms with van der Waals surface area (Å²) in [6, 6.07) is 2.32. The second-order valence-corrected chi connectivity index (χ2v) is 13.2. The summed E-state index contributed by atoms with van der Waals surface area (Å²) < 4.78 is 1.41. The molecule has 0 radical (unpaired) electrons. The number of thiophene rings is 1. The van der Waals surface area contributed by atoms with Crippen LogP contribution >= 0.6 is 22.4 Å². The molecule has 3 heteroatoms. The quantitative estimate of drug-likeness (QED) is 0.546. The molecule has 17 heavy (non-hydrogen) atoms. The number of aryl methyl sites for hydroxylation is 1. The summed E-state index contributed by atoms with van der Waals surface area (Å²) in [5, 5.41) is 1.43. The van der Waals surface area contributed by atoms with Gasteiger partial charge in [-0.25, -0.2) is 0 Å². The maximum atomic E-state index is 6.68. The van der Waals surface area contributed by atoms with Gasteiger partial charge in [0.1, 0.15) is 0 Å². The largest absolute Gasteiger partial charge is 0.167 e. The molecule has 1 atom stereocenters. The minimum atomic E-state index is -1.71. The van der Waals surface area contributed by atoms with E-state index in [1.807, 2.05) is 11.3 Å². The van der Waals surface area contributed by atoms with Crippen LogP contribution in [-0.2, 0) is 0 Å². The standard InChI is InChI=1S/C14H15ClSSi/c1-9-7-11-12(16-9)8-10-5-4-6-13(14(10)11)17(2,3)15/h4-8,13H,1-3H3. The fourth-order valence-corrected chi connectivity index (χ4v) is 5.76. The zero-order valence-corrected chi connectivity index (χ0v) is 12.8. The van der Waals surface area contributed by atoms with E-state index in [4.69, 9.17) is 11.1 Å². The first-order valence-electron chi connectivity index (χ1n) is 5.87. The van der Waals surface area contributed by atoms with Crippen LogP contribution in [-0.4, -0.2) is 7.38 Å². The first-order chi connectivity index (χ1) is 7.97. The molecule has 0 amide bonds. The molecular weight excluding hydrogens is 264 g/mol. The molecule has 3 rings (SSSR count). The predicted molar refractivity (Wildman–Crippen MR) is 80.5 cm³/mol. The Morgan fingerprint density at radius 1 is 1.35 bits per heavy atom. The highest BCUT2D eigenvalue weighted by atomic mass is 35.6. The SMILES string of the molecule is Cc1cc2c(s1)=CC1=CC=CC([Si](C)(C)Cl)C=21. The summed E-state index contributed by atoms with van der Waals surface area (Å²) in [4.78, 5) is 1.39. The molecule has 0 saturated heterocycles. The first kappa shape index (κ1) is 11.5. The summed E-state index contributed by atoms with van der Waals surface area (Å²) in [5.41, 5.74) is 3.29. The zero-order chi connectivity index (χ0) is 12.2. The Balaban J connectivity index is 2.30. The number of fused-ring (bicyclic) bond motifs is 2. The highest BCUT2D eigenvalue weighted by Gasteiger charge is 2.34. The fraction of sp³-hybridized carbons (Fsp3) is 0.286. The van der Waals surface area contributed by atoms with Crippen molar-refractivity contribution in [3.8, 4) is 0 Å². The van der Waals surface area contributed by atoms with Crippen LogP contribution in [0.25, 0.3) is 11.6 Å². The zero-order valence-electron chi connectivity index (χ0n) is 10.3. The molecule has 0 saturated carbocycles. The first-order valence-corrected chi connectivity index (χ1v) is 10.8. The molecule has 0 fully saturated rings. The Labute approximate surface area is 111 Å². The molecule has 88 valence electrons. The maximum Gasteiger partial charge on any atom is 0.161 e. The molecule has 2 aliphatic rings.